The second kappa shape index (κ2) is 8.83. The molecule has 3 rings (SSSR count). The molecule has 9 heteroatoms. The quantitative estimate of drug-likeness (QED) is 0.655. The Balaban J connectivity index is 1.64. The molecule has 0 spiro atoms. The fraction of sp³-hybridized carbons (Fsp3) is 0.238. The number of amides is 1. The van der Waals surface area contributed by atoms with Crippen LogP contribution >= 0.6 is 11.8 Å². The van der Waals surface area contributed by atoms with Crippen molar-refractivity contribution in [1.29, 1.82) is 0 Å². The van der Waals surface area contributed by atoms with Gasteiger partial charge >= 0.3 is 6.36 Å². The number of aliphatic imine (C=N–C) groups is 1. The van der Waals surface area contributed by atoms with Crippen molar-refractivity contribution in [1.82, 2.24) is 0 Å². The van der Waals surface area contributed by atoms with Crippen molar-refractivity contribution in [2.24, 2.45) is 10.7 Å². The molecule has 2 aromatic carbocycles. The summed E-state index contributed by atoms with van der Waals surface area (Å²) in [4.78, 5) is 16.8. The van der Waals surface area contributed by atoms with E-state index in [2.05, 4.69) is 15.0 Å². The van der Waals surface area contributed by atoms with Crippen LogP contribution in [0.2, 0.25) is 0 Å². The summed E-state index contributed by atoms with van der Waals surface area (Å²) in [6, 6.07) is 12.6. The Hall–Kier alpha value is -2.94. The number of carbonyl (C=O) groups is 1. The first-order valence-corrected chi connectivity index (χ1v) is 10.1. The van der Waals surface area contributed by atoms with Crippen molar-refractivity contribution >= 4 is 34.6 Å². The van der Waals surface area contributed by atoms with E-state index < -0.39 is 11.9 Å². The lowest BCUT2D eigenvalue weighted by molar-refractivity contribution is -0.274. The molecule has 3 N–H and O–H groups in total. The molecule has 0 fully saturated rings. The minimum Gasteiger partial charge on any atom is -0.406 e. The normalized spacial score (nSPS) is 19.4. The van der Waals surface area contributed by atoms with E-state index in [0.29, 0.717) is 16.4 Å². The molecule has 1 aliphatic rings. The Morgan fingerprint density at radius 2 is 2.00 bits per heavy atom. The van der Waals surface area contributed by atoms with E-state index in [-0.39, 0.29) is 11.7 Å². The van der Waals surface area contributed by atoms with Gasteiger partial charge in [-0.2, -0.15) is 0 Å². The molecule has 1 unspecified atom stereocenters. The number of rotatable bonds is 5. The summed E-state index contributed by atoms with van der Waals surface area (Å²) in [7, 11) is 0. The standard InChI is InChI=1S/C21H20F3N3O2S/c1-20(11-12-30-19(25)27-20)15-3-2-4-16(13-15)26-18(28)10-7-14-5-8-17(9-6-14)29-21(22,23)24/h2-10,13H,11-12H2,1H3,(H2,25,27)(H,26,28). The van der Waals surface area contributed by atoms with Crippen LogP contribution in [-0.4, -0.2) is 23.2 Å². The number of hydrogen-bond acceptors (Lipinski definition) is 5. The summed E-state index contributed by atoms with van der Waals surface area (Å²) in [6.07, 6.45) is -1.09. The van der Waals surface area contributed by atoms with Crippen molar-refractivity contribution in [2.75, 3.05) is 11.1 Å². The molecule has 2 aromatic rings. The maximum absolute atomic E-state index is 12.2. The molecule has 0 saturated heterocycles. The van der Waals surface area contributed by atoms with Crippen molar-refractivity contribution < 1.29 is 22.7 Å². The van der Waals surface area contributed by atoms with E-state index in [1.165, 1.54) is 48.2 Å². The van der Waals surface area contributed by atoms with Gasteiger partial charge in [-0.3, -0.25) is 9.79 Å². The van der Waals surface area contributed by atoms with Crippen molar-refractivity contribution in [3.8, 4) is 5.75 Å². The zero-order valence-corrected chi connectivity index (χ0v) is 16.9. The second-order valence-corrected chi connectivity index (χ2v) is 7.96. The van der Waals surface area contributed by atoms with Gasteiger partial charge in [-0.15, -0.1) is 13.2 Å². The van der Waals surface area contributed by atoms with E-state index in [1.54, 1.807) is 6.07 Å². The van der Waals surface area contributed by atoms with Gasteiger partial charge in [-0.05, 0) is 54.8 Å². The number of benzene rings is 2. The first-order chi connectivity index (χ1) is 14.1. The third kappa shape index (κ3) is 6.03. The minimum absolute atomic E-state index is 0.321. The van der Waals surface area contributed by atoms with Gasteiger partial charge in [-0.25, -0.2) is 0 Å². The number of hydrogen-bond donors (Lipinski definition) is 2. The molecule has 1 amide bonds. The number of amidine groups is 1. The zero-order chi connectivity index (χ0) is 21.8. The summed E-state index contributed by atoms with van der Waals surface area (Å²) in [6.45, 7) is 2.01. The van der Waals surface area contributed by atoms with Crippen molar-refractivity contribution in [3.05, 3.63) is 65.7 Å². The molecule has 0 radical (unpaired) electrons. The number of nitrogens with zero attached hydrogens (tertiary/aromatic N) is 1. The number of nitrogens with two attached hydrogens (primary N) is 1. The molecule has 0 aromatic heterocycles. The van der Waals surface area contributed by atoms with E-state index >= 15 is 0 Å². The summed E-state index contributed by atoms with van der Waals surface area (Å²) >= 11 is 1.52. The topological polar surface area (TPSA) is 76.7 Å². The Bertz CT molecular complexity index is 974. The van der Waals surface area contributed by atoms with E-state index in [9.17, 15) is 18.0 Å². The lowest BCUT2D eigenvalue weighted by Gasteiger charge is -2.30. The molecule has 1 aliphatic heterocycles. The van der Waals surface area contributed by atoms with Crippen molar-refractivity contribution in [3.63, 3.8) is 0 Å². The highest BCUT2D eigenvalue weighted by atomic mass is 32.2. The van der Waals surface area contributed by atoms with Crippen LogP contribution in [0.25, 0.3) is 6.08 Å². The van der Waals surface area contributed by atoms with Crippen LogP contribution in [0, 0.1) is 0 Å². The Morgan fingerprint density at radius 1 is 1.27 bits per heavy atom. The third-order valence-electron chi connectivity index (χ3n) is 4.49. The van der Waals surface area contributed by atoms with Gasteiger partial charge in [0.15, 0.2) is 5.17 Å². The van der Waals surface area contributed by atoms with Gasteiger partial charge in [0.2, 0.25) is 5.91 Å². The first kappa shape index (κ1) is 21.8. The largest absolute Gasteiger partial charge is 0.573 e. The molecule has 0 saturated carbocycles. The minimum atomic E-state index is -4.74. The lowest BCUT2D eigenvalue weighted by Crippen LogP contribution is -2.28. The Kier molecular flexibility index (Phi) is 6.40. The number of ether oxygens (including phenoxy) is 1. The van der Waals surface area contributed by atoms with Crippen LogP contribution in [0.3, 0.4) is 0 Å². The number of halogens is 3. The Morgan fingerprint density at radius 3 is 2.67 bits per heavy atom. The van der Waals surface area contributed by atoms with Gasteiger partial charge < -0.3 is 15.8 Å². The van der Waals surface area contributed by atoms with Crippen LogP contribution in [-0.2, 0) is 10.3 Å². The van der Waals surface area contributed by atoms with Gasteiger partial charge in [0, 0.05) is 17.5 Å². The summed E-state index contributed by atoms with van der Waals surface area (Å²) < 4.78 is 40.4. The Labute approximate surface area is 176 Å². The SMILES string of the molecule is CC1(c2cccc(NC(=O)C=Cc3ccc(OC(F)(F)F)cc3)c2)CCSC(N)=N1. The maximum Gasteiger partial charge on any atom is 0.573 e. The van der Waals surface area contributed by atoms with E-state index in [1.807, 2.05) is 25.1 Å². The van der Waals surface area contributed by atoms with Crippen LogP contribution in [0.1, 0.15) is 24.5 Å². The predicted octanol–water partition coefficient (Wildman–Crippen LogP) is 4.90. The van der Waals surface area contributed by atoms with Crippen molar-refractivity contribution in [2.45, 2.75) is 25.2 Å². The fourth-order valence-corrected chi connectivity index (χ4v) is 3.94. The molecular weight excluding hydrogens is 415 g/mol. The number of thioether (sulfide) groups is 1. The second-order valence-electron chi connectivity index (χ2n) is 6.84. The van der Waals surface area contributed by atoms with E-state index in [0.717, 1.165) is 17.7 Å². The average Bonchev–Trinajstić information content (AvgIpc) is 2.66. The monoisotopic (exact) mass is 435 g/mol. The molecule has 0 bridgehead atoms. The highest BCUT2D eigenvalue weighted by Gasteiger charge is 2.31. The average molecular weight is 435 g/mol. The molecule has 1 atom stereocenters. The van der Waals surface area contributed by atoms with Gasteiger partial charge in [0.1, 0.15) is 5.75 Å². The lowest BCUT2D eigenvalue weighted by atomic mass is 9.89. The van der Waals surface area contributed by atoms with Crippen LogP contribution in [0.5, 0.6) is 5.75 Å². The molecule has 5 nitrogen and oxygen atoms in total. The van der Waals surface area contributed by atoms with Crippen LogP contribution in [0.15, 0.2) is 59.6 Å². The first-order valence-electron chi connectivity index (χ1n) is 9.06. The summed E-state index contributed by atoms with van der Waals surface area (Å²) in [5.74, 6) is 0.187. The highest BCUT2D eigenvalue weighted by Crippen LogP contribution is 2.35. The van der Waals surface area contributed by atoms with Crippen LogP contribution in [0.4, 0.5) is 18.9 Å². The third-order valence-corrected chi connectivity index (χ3v) is 5.28. The van der Waals surface area contributed by atoms with Crippen LogP contribution < -0.4 is 15.8 Å². The predicted molar refractivity (Wildman–Crippen MR) is 113 cm³/mol. The molecule has 30 heavy (non-hydrogen) atoms. The van der Waals surface area contributed by atoms with Gasteiger partial charge in [-0.1, -0.05) is 36.0 Å². The van der Waals surface area contributed by atoms with Gasteiger partial charge in [0.25, 0.3) is 0 Å². The zero-order valence-electron chi connectivity index (χ0n) is 16.1. The fourth-order valence-electron chi connectivity index (χ4n) is 2.96. The maximum atomic E-state index is 12.2. The number of anilines is 1. The van der Waals surface area contributed by atoms with E-state index in [4.69, 9.17) is 5.73 Å². The molecular formula is C21H20F3N3O2S. The number of carbonyl (C=O) groups excluding carboxylic acids is 1. The number of nitrogens with one attached hydrogen (secondary N) is 1. The highest BCUT2D eigenvalue weighted by molar-refractivity contribution is 8.13. The molecule has 158 valence electrons. The summed E-state index contributed by atoms with van der Waals surface area (Å²) in [5.41, 5.74) is 7.56. The molecule has 1 heterocycles. The molecule has 0 aliphatic carbocycles. The smallest absolute Gasteiger partial charge is 0.406 e. The van der Waals surface area contributed by atoms with Gasteiger partial charge in [0.05, 0.1) is 5.54 Å². The number of alkyl halides is 3. The summed E-state index contributed by atoms with van der Waals surface area (Å²) in [5, 5.41) is 3.33.